The summed E-state index contributed by atoms with van der Waals surface area (Å²) in [6.45, 7) is 2.49. The van der Waals surface area contributed by atoms with Crippen molar-refractivity contribution in [3.05, 3.63) is 29.3 Å². The van der Waals surface area contributed by atoms with Crippen molar-refractivity contribution in [3.8, 4) is 22.1 Å². The number of nitrogens with two attached hydrogens (primary N) is 1. The van der Waals surface area contributed by atoms with Crippen LogP contribution in [0.5, 0.6) is 11.5 Å². The summed E-state index contributed by atoms with van der Waals surface area (Å²) < 4.78 is 10.7. The second-order valence-electron chi connectivity index (χ2n) is 6.12. The van der Waals surface area contributed by atoms with E-state index in [1.54, 1.807) is 0 Å². The van der Waals surface area contributed by atoms with Crippen molar-refractivity contribution in [2.45, 2.75) is 12.8 Å². The molecule has 0 spiro atoms. The predicted octanol–water partition coefficient (Wildman–Crippen LogP) is 1.89. The molecule has 1 atom stereocenters. The van der Waals surface area contributed by atoms with E-state index < -0.39 is 0 Å². The lowest BCUT2D eigenvalue weighted by Gasteiger charge is -2.15. The molecule has 2 aromatic rings. The van der Waals surface area contributed by atoms with Crippen LogP contribution in [0.4, 0.5) is 0 Å². The number of amides is 1. The number of nitrogens with zero attached hydrogens (tertiary/aromatic N) is 2. The number of benzene rings is 1. The van der Waals surface area contributed by atoms with Gasteiger partial charge < -0.3 is 20.1 Å². The van der Waals surface area contributed by atoms with E-state index in [9.17, 15) is 4.79 Å². The highest BCUT2D eigenvalue weighted by atomic mass is 32.1. The minimum Gasteiger partial charge on any atom is -0.454 e. The molecular formula is C17H19N3O3S. The van der Waals surface area contributed by atoms with E-state index in [4.69, 9.17) is 15.2 Å². The molecule has 2 N–H and O–H groups in total. The Labute approximate surface area is 144 Å². The molecule has 0 saturated carbocycles. The molecule has 4 rings (SSSR count). The summed E-state index contributed by atoms with van der Waals surface area (Å²) in [5.74, 6) is 2.07. The van der Waals surface area contributed by atoms with Gasteiger partial charge in [-0.2, -0.15) is 0 Å². The van der Waals surface area contributed by atoms with Crippen molar-refractivity contribution in [2.24, 2.45) is 11.7 Å². The Morgan fingerprint density at radius 3 is 3.08 bits per heavy atom. The molecule has 3 heterocycles. The van der Waals surface area contributed by atoms with E-state index in [-0.39, 0.29) is 12.7 Å². The zero-order valence-corrected chi connectivity index (χ0v) is 14.1. The van der Waals surface area contributed by atoms with Crippen LogP contribution in [0.15, 0.2) is 23.6 Å². The summed E-state index contributed by atoms with van der Waals surface area (Å²) in [6, 6.07) is 5.78. The summed E-state index contributed by atoms with van der Waals surface area (Å²) >= 11 is 1.54. The van der Waals surface area contributed by atoms with Gasteiger partial charge in [0, 0.05) is 24.0 Å². The van der Waals surface area contributed by atoms with Crippen LogP contribution in [0.2, 0.25) is 0 Å². The molecule has 7 heteroatoms. The predicted molar refractivity (Wildman–Crippen MR) is 91.1 cm³/mol. The maximum atomic E-state index is 12.4. The van der Waals surface area contributed by atoms with Crippen molar-refractivity contribution in [1.29, 1.82) is 0 Å². The Balaban J connectivity index is 1.44. The van der Waals surface area contributed by atoms with Crippen LogP contribution in [0.1, 0.15) is 12.1 Å². The van der Waals surface area contributed by atoms with Gasteiger partial charge in [0.1, 0.15) is 5.01 Å². The molecule has 0 aliphatic carbocycles. The molecule has 2 aliphatic rings. The molecule has 126 valence electrons. The van der Waals surface area contributed by atoms with Gasteiger partial charge in [0.25, 0.3) is 0 Å². The lowest BCUT2D eigenvalue weighted by Crippen LogP contribution is -2.31. The van der Waals surface area contributed by atoms with E-state index in [1.165, 1.54) is 11.3 Å². The van der Waals surface area contributed by atoms with Crippen LogP contribution in [0, 0.1) is 5.92 Å². The van der Waals surface area contributed by atoms with Crippen molar-refractivity contribution in [2.75, 3.05) is 26.4 Å². The number of ether oxygens (including phenoxy) is 2. The van der Waals surface area contributed by atoms with Crippen LogP contribution in [-0.2, 0) is 11.2 Å². The molecular weight excluding hydrogens is 326 g/mol. The molecule has 1 aromatic heterocycles. The zero-order chi connectivity index (χ0) is 16.5. The van der Waals surface area contributed by atoms with Crippen LogP contribution in [0.25, 0.3) is 10.6 Å². The third-order valence-electron chi connectivity index (χ3n) is 4.48. The lowest BCUT2D eigenvalue weighted by molar-refractivity contribution is -0.129. The number of rotatable bonds is 4. The van der Waals surface area contributed by atoms with Crippen molar-refractivity contribution < 1.29 is 14.3 Å². The topological polar surface area (TPSA) is 77.7 Å². The van der Waals surface area contributed by atoms with E-state index in [2.05, 4.69) is 4.98 Å². The second kappa shape index (κ2) is 6.41. The fourth-order valence-electron chi connectivity index (χ4n) is 3.07. The zero-order valence-electron chi connectivity index (χ0n) is 13.2. The highest BCUT2D eigenvalue weighted by molar-refractivity contribution is 7.13. The Kier molecular flexibility index (Phi) is 4.12. The monoisotopic (exact) mass is 345 g/mol. The molecule has 1 saturated heterocycles. The van der Waals surface area contributed by atoms with Gasteiger partial charge in [-0.25, -0.2) is 4.98 Å². The highest BCUT2D eigenvalue weighted by Gasteiger charge is 2.25. The molecule has 0 bridgehead atoms. The average molecular weight is 345 g/mol. The van der Waals surface area contributed by atoms with Gasteiger partial charge in [0.2, 0.25) is 12.7 Å². The third kappa shape index (κ3) is 2.97. The number of aromatic nitrogens is 1. The number of thiazole rings is 1. The highest BCUT2D eigenvalue weighted by Crippen LogP contribution is 2.36. The van der Waals surface area contributed by atoms with Crippen LogP contribution < -0.4 is 15.2 Å². The lowest BCUT2D eigenvalue weighted by atomic mass is 10.1. The molecule has 2 aliphatic heterocycles. The Bertz CT molecular complexity index is 761. The number of hydrogen-bond acceptors (Lipinski definition) is 6. The maximum absolute atomic E-state index is 12.4. The number of fused-ring (bicyclic) bond motifs is 1. The molecule has 0 radical (unpaired) electrons. The van der Waals surface area contributed by atoms with Crippen LogP contribution >= 0.6 is 11.3 Å². The summed E-state index contributed by atoms with van der Waals surface area (Å²) in [4.78, 5) is 18.9. The van der Waals surface area contributed by atoms with Crippen molar-refractivity contribution >= 4 is 17.2 Å². The van der Waals surface area contributed by atoms with E-state index in [0.29, 0.717) is 18.9 Å². The number of hydrogen-bond donors (Lipinski definition) is 1. The number of carbonyl (C=O) groups excluding carboxylic acids is 1. The first-order chi connectivity index (χ1) is 11.7. The average Bonchev–Trinajstić information content (AvgIpc) is 3.33. The first-order valence-electron chi connectivity index (χ1n) is 8.05. The largest absolute Gasteiger partial charge is 0.454 e. The maximum Gasteiger partial charge on any atom is 0.231 e. The standard InChI is InChI=1S/C17H19N3O3S/c18-7-11-3-4-20(8-11)16(21)6-13-9-24-17(19-13)12-1-2-14-15(5-12)23-10-22-14/h1-2,5,9,11H,3-4,6-8,10,18H2. The smallest absolute Gasteiger partial charge is 0.231 e. The normalized spacial score (nSPS) is 19.0. The Morgan fingerprint density at radius 2 is 2.25 bits per heavy atom. The van der Waals surface area contributed by atoms with Gasteiger partial charge in [-0.3, -0.25) is 4.79 Å². The SMILES string of the molecule is NCC1CCN(C(=O)Cc2csc(-c3ccc4c(c3)OCO4)n2)C1. The summed E-state index contributed by atoms with van der Waals surface area (Å²) in [5.41, 5.74) is 7.48. The quantitative estimate of drug-likeness (QED) is 0.915. The van der Waals surface area contributed by atoms with Gasteiger partial charge >= 0.3 is 0 Å². The van der Waals surface area contributed by atoms with E-state index in [1.807, 2.05) is 28.5 Å². The van der Waals surface area contributed by atoms with Crippen LogP contribution in [0.3, 0.4) is 0 Å². The molecule has 24 heavy (non-hydrogen) atoms. The summed E-state index contributed by atoms with van der Waals surface area (Å²) in [6.07, 6.45) is 1.35. The fraction of sp³-hybridized carbons (Fsp3) is 0.412. The molecule has 1 fully saturated rings. The first-order valence-corrected chi connectivity index (χ1v) is 8.93. The second-order valence-corrected chi connectivity index (χ2v) is 6.98. The molecule has 6 nitrogen and oxygen atoms in total. The first kappa shape index (κ1) is 15.4. The minimum atomic E-state index is 0.133. The molecule has 1 aromatic carbocycles. The Hall–Kier alpha value is -2.12. The van der Waals surface area contributed by atoms with Gasteiger partial charge in [-0.05, 0) is 37.1 Å². The summed E-state index contributed by atoms with van der Waals surface area (Å²) in [5, 5.41) is 2.84. The van der Waals surface area contributed by atoms with Crippen molar-refractivity contribution in [3.63, 3.8) is 0 Å². The fourth-order valence-corrected chi connectivity index (χ4v) is 3.89. The van der Waals surface area contributed by atoms with E-state index >= 15 is 0 Å². The minimum absolute atomic E-state index is 0.133. The number of carbonyl (C=O) groups is 1. The third-order valence-corrected chi connectivity index (χ3v) is 5.42. The van der Waals surface area contributed by atoms with Gasteiger partial charge in [-0.1, -0.05) is 0 Å². The molecule has 1 unspecified atom stereocenters. The van der Waals surface area contributed by atoms with Crippen LogP contribution in [-0.4, -0.2) is 42.2 Å². The van der Waals surface area contributed by atoms with E-state index in [0.717, 1.165) is 47.3 Å². The van der Waals surface area contributed by atoms with Gasteiger partial charge in [0.05, 0.1) is 12.1 Å². The van der Waals surface area contributed by atoms with Crippen molar-refractivity contribution in [1.82, 2.24) is 9.88 Å². The molecule has 1 amide bonds. The summed E-state index contributed by atoms with van der Waals surface area (Å²) in [7, 11) is 0. The van der Waals surface area contributed by atoms with Gasteiger partial charge in [0.15, 0.2) is 11.5 Å². The van der Waals surface area contributed by atoms with Gasteiger partial charge in [-0.15, -0.1) is 11.3 Å². The Morgan fingerprint density at radius 1 is 1.38 bits per heavy atom. The number of likely N-dealkylation sites (tertiary alicyclic amines) is 1.